The summed E-state index contributed by atoms with van der Waals surface area (Å²) >= 11 is 1.25. The lowest BCUT2D eigenvalue weighted by Crippen LogP contribution is -2.48. The second kappa shape index (κ2) is 8.93. The van der Waals surface area contributed by atoms with Crippen LogP contribution in [0, 0.1) is 5.82 Å². The quantitative estimate of drug-likeness (QED) is 0.581. The predicted octanol–water partition coefficient (Wildman–Crippen LogP) is 4.88. The van der Waals surface area contributed by atoms with Crippen molar-refractivity contribution in [3.63, 3.8) is 0 Å². The van der Waals surface area contributed by atoms with Crippen molar-refractivity contribution >= 4 is 23.4 Å². The number of carbonyl (C=O) groups is 2. The summed E-state index contributed by atoms with van der Waals surface area (Å²) in [6.45, 7) is 5.67. The maximum Gasteiger partial charge on any atom is 0.411 e. The van der Waals surface area contributed by atoms with Gasteiger partial charge in [0.2, 0.25) is 0 Å². The Morgan fingerprint density at radius 1 is 1.21 bits per heavy atom. The molecule has 1 amide bonds. The maximum atomic E-state index is 13.6. The average Bonchev–Trinajstić information content (AvgIpc) is 3.44. The van der Waals surface area contributed by atoms with Crippen molar-refractivity contribution in [1.82, 2.24) is 19.4 Å². The number of nitrogens with zero attached hydrogens (tertiary/aromatic N) is 4. The standard InChI is InChI=1S/C23H25FN4O4S/c1-23(2,3)32-22(31)28-11-17(20-26-18(12-33-20)21(29)30)16(14-4-6-15(24)7-5-14)10-19(28)27-9-8-25-13-27/h4-9,12-13,16-17,19H,10-11H2,1-3H3,(H,29,30). The van der Waals surface area contributed by atoms with Crippen LogP contribution in [0.4, 0.5) is 9.18 Å². The van der Waals surface area contributed by atoms with Crippen molar-refractivity contribution in [3.8, 4) is 0 Å². The lowest BCUT2D eigenvalue weighted by molar-refractivity contribution is -0.00753. The summed E-state index contributed by atoms with van der Waals surface area (Å²) in [5, 5.41) is 11.5. The van der Waals surface area contributed by atoms with Gasteiger partial charge in [0, 0.05) is 30.2 Å². The molecule has 1 aliphatic heterocycles. The molecule has 10 heteroatoms. The first kappa shape index (κ1) is 22.9. The van der Waals surface area contributed by atoms with E-state index in [1.54, 1.807) is 56.5 Å². The number of likely N-dealkylation sites (tertiary alicyclic amines) is 1. The summed E-state index contributed by atoms with van der Waals surface area (Å²) < 4.78 is 21.2. The number of hydrogen-bond acceptors (Lipinski definition) is 6. The van der Waals surface area contributed by atoms with E-state index in [0.717, 1.165) is 5.56 Å². The second-order valence-corrected chi connectivity index (χ2v) is 9.89. The lowest BCUT2D eigenvalue weighted by atomic mass is 9.79. The Balaban J connectivity index is 1.76. The van der Waals surface area contributed by atoms with Gasteiger partial charge in [-0.3, -0.25) is 4.90 Å². The zero-order valence-corrected chi connectivity index (χ0v) is 19.3. The van der Waals surface area contributed by atoms with Crippen molar-refractivity contribution in [2.75, 3.05) is 6.54 Å². The lowest BCUT2D eigenvalue weighted by Gasteiger charge is -2.44. The molecule has 0 aliphatic carbocycles. The molecule has 0 bridgehead atoms. The van der Waals surface area contributed by atoms with E-state index in [1.807, 2.05) is 4.57 Å². The SMILES string of the molecule is CC(C)(C)OC(=O)N1CC(c2nc(C(=O)O)cs2)C(c2ccc(F)cc2)CC1n1ccnc1. The van der Waals surface area contributed by atoms with Crippen LogP contribution in [-0.2, 0) is 4.74 Å². The fourth-order valence-corrected chi connectivity index (χ4v) is 5.06. The molecule has 1 N–H and O–H groups in total. The average molecular weight is 473 g/mol. The molecule has 33 heavy (non-hydrogen) atoms. The molecular formula is C23H25FN4O4S. The van der Waals surface area contributed by atoms with Gasteiger partial charge < -0.3 is 14.4 Å². The number of benzene rings is 1. The molecule has 8 nitrogen and oxygen atoms in total. The third-order valence-electron chi connectivity index (χ3n) is 5.56. The van der Waals surface area contributed by atoms with Crippen molar-refractivity contribution in [2.45, 2.75) is 50.8 Å². The fourth-order valence-electron chi connectivity index (χ4n) is 4.11. The zero-order chi connectivity index (χ0) is 23.8. The summed E-state index contributed by atoms with van der Waals surface area (Å²) in [6.07, 6.45) is 4.72. The first-order valence-corrected chi connectivity index (χ1v) is 11.4. The number of carbonyl (C=O) groups excluding carboxylic acids is 1. The molecule has 4 rings (SSSR count). The fraction of sp³-hybridized carbons (Fsp3) is 0.391. The molecular weight excluding hydrogens is 447 g/mol. The van der Waals surface area contributed by atoms with Gasteiger partial charge in [0.15, 0.2) is 5.69 Å². The van der Waals surface area contributed by atoms with E-state index in [-0.39, 0.29) is 36.1 Å². The number of aromatic carboxylic acids is 1. The van der Waals surface area contributed by atoms with Gasteiger partial charge >= 0.3 is 12.1 Å². The highest BCUT2D eigenvalue weighted by Crippen LogP contribution is 2.46. The van der Waals surface area contributed by atoms with Gasteiger partial charge in [-0.15, -0.1) is 11.3 Å². The molecule has 1 fully saturated rings. The Hall–Kier alpha value is -3.27. The summed E-state index contributed by atoms with van der Waals surface area (Å²) in [7, 11) is 0. The number of hydrogen-bond donors (Lipinski definition) is 1. The summed E-state index contributed by atoms with van der Waals surface area (Å²) in [6, 6.07) is 6.27. The predicted molar refractivity (Wildman–Crippen MR) is 120 cm³/mol. The second-order valence-electron chi connectivity index (χ2n) is 9.00. The molecule has 3 atom stereocenters. The molecule has 3 unspecified atom stereocenters. The third kappa shape index (κ3) is 5.05. The Labute approximate surface area is 194 Å². The van der Waals surface area contributed by atoms with Crippen LogP contribution >= 0.6 is 11.3 Å². The van der Waals surface area contributed by atoms with Gasteiger partial charge in [-0.1, -0.05) is 12.1 Å². The molecule has 3 aromatic rings. The molecule has 0 spiro atoms. The van der Waals surface area contributed by atoms with Crippen LogP contribution < -0.4 is 0 Å². The number of imidazole rings is 1. The van der Waals surface area contributed by atoms with E-state index < -0.39 is 17.7 Å². The largest absolute Gasteiger partial charge is 0.476 e. The number of amides is 1. The van der Waals surface area contributed by atoms with Crippen LogP contribution in [0.15, 0.2) is 48.4 Å². The van der Waals surface area contributed by atoms with Crippen molar-refractivity contribution < 1.29 is 23.8 Å². The van der Waals surface area contributed by atoms with E-state index in [2.05, 4.69) is 9.97 Å². The smallest absolute Gasteiger partial charge is 0.411 e. The number of carboxylic acid groups (broad SMARTS) is 1. The molecule has 2 aromatic heterocycles. The van der Waals surface area contributed by atoms with Crippen LogP contribution in [0.2, 0.25) is 0 Å². The van der Waals surface area contributed by atoms with Gasteiger partial charge in [0.05, 0.1) is 11.3 Å². The highest BCUT2D eigenvalue weighted by atomic mass is 32.1. The number of thiazole rings is 1. The molecule has 0 saturated carbocycles. The Morgan fingerprint density at radius 3 is 2.52 bits per heavy atom. The highest BCUT2D eigenvalue weighted by Gasteiger charge is 2.42. The minimum absolute atomic E-state index is 0.0339. The first-order valence-electron chi connectivity index (χ1n) is 10.5. The summed E-state index contributed by atoms with van der Waals surface area (Å²) in [4.78, 5) is 34.7. The summed E-state index contributed by atoms with van der Waals surface area (Å²) in [5.74, 6) is -1.87. The van der Waals surface area contributed by atoms with Gasteiger partial charge in [0.25, 0.3) is 0 Å². The third-order valence-corrected chi connectivity index (χ3v) is 6.53. The Morgan fingerprint density at radius 2 is 1.94 bits per heavy atom. The maximum absolute atomic E-state index is 13.6. The topological polar surface area (TPSA) is 97.5 Å². The van der Waals surface area contributed by atoms with Crippen molar-refractivity contribution in [1.29, 1.82) is 0 Å². The van der Waals surface area contributed by atoms with Gasteiger partial charge in [-0.05, 0) is 50.8 Å². The number of ether oxygens (including phenoxy) is 1. The van der Waals surface area contributed by atoms with Crippen molar-refractivity contribution in [3.05, 3.63) is 70.4 Å². The zero-order valence-electron chi connectivity index (χ0n) is 18.5. The van der Waals surface area contributed by atoms with Crippen LogP contribution in [0.1, 0.15) is 66.3 Å². The van der Waals surface area contributed by atoms with E-state index in [4.69, 9.17) is 4.74 Å². The van der Waals surface area contributed by atoms with Gasteiger partial charge in [-0.25, -0.2) is 23.9 Å². The van der Waals surface area contributed by atoms with E-state index in [1.165, 1.54) is 28.8 Å². The number of halogens is 1. The van der Waals surface area contributed by atoms with E-state index in [9.17, 15) is 19.1 Å². The monoisotopic (exact) mass is 472 g/mol. The Kier molecular flexibility index (Phi) is 6.20. The number of rotatable bonds is 4. The minimum Gasteiger partial charge on any atom is -0.476 e. The van der Waals surface area contributed by atoms with Crippen LogP contribution in [-0.4, -0.2) is 48.7 Å². The highest BCUT2D eigenvalue weighted by molar-refractivity contribution is 7.09. The molecule has 1 saturated heterocycles. The number of aromatic nitrogens is 3. The molecule has 0 radical (unpaired) electrons. The van der Waals surface area contributed by atoms with E-state index >= 15 is 0 Å². The van der Waals surface area contributed by atoms with Crippen molar-refractivity contribution in [2.24, 2.45) is 0 Å². The molecule has 1 aliphatic rings. The van der Waals surface area contributed by atoms with E-state index in [0.29, 0.717) is 11.4 Å². The number of piperidine rings is 1. The Bertz CT molecular complexity index is 1120. The normalized spacial score (nSPS) is 21.1. The van der Waals surface area contributed by atoms with Gasteiger partial charge in [0.1, 0.15) is 17.6 Å². The van der Waals surface area contributed by atoms with Crippen LogP contribution in [0.5, 0.6) is 0 Å². The first-order chi connectivity index (χ1) is 15.6. The molecule has 174 valence electrons. The molecule has 3 heterocycles. The van der Waals surface area contributed by atoms with Gasteiger partial charge in [-0.2, -0.15) is 0 Å². The van der Waals surface area contributed by atoms with Crippen LogP contribution in [0.3, 0.4) is 0 Å². The molecule has 1 aromatic carbocycles. The summed E-state index contributed by atoms with van der Waals surface area (Å²) in [5.41, 5.74) is 0.174. The minimum atomic E-state index is -1.10. The van der Waals surface area contributed by atoms with Crippen LogP contribution in [0.25, 0.3) is 0 Å². The number of carboxylic acids is 1.